The third-order valence-electron chi connectivity index (χ3n) is 3.69. The van der Waals surface area contributed by atoms with Crippen molar-refractivity contribution in [3.8, 4) is 0 Å². The van der Waals surface area contributed by atoms with Crippen LogP contribution in [0.2, 0.25) is 5.02 Å². The molecule has 0 heterocycles. The average molecular weight is 266 g/mol. The van der Waals surface area contributed by atoms with E-state index in [1.54, 1.807) is 0 Å². The fourth-order valence-electron chi connectivity index (χ4n) is 2.76. The highest BCUT2D eigenvalue weighted by atomic mass is 35.5. The molecule has 1 saturated carbocycles. The highest BCUT2D eigenvalue weighted by Crippen LogP contribution is 2.29. The van der Waals surface area contributed by atoms with Gasteiger partial charge in [-0.05, 0) is 30.5 Å². The Bertz CT molecular complexity index is 424. The van der Waals surface area contributed by atoms with Gasteiger partial charge in [-0.1, -0.05) is 43.0 Å². The van der Waals surface area contributed by atoms with Crippen LogP contribution in [0.25, 0.3) is 0 Å². The first-order valence-electron chi connectivity index (χ1n) is 6.62. The van der Waals surface area contributed by atoms with Gasteiger partial charge in [-0.2, -0.15) is 0 Å². The number of ketones is 1. The Morgan fingerprint density at radius 3 is 2.67 bits per heavy atom. The summed E-state index contributed by atoms with van der Waals surface area (Å²) in [5.41, 5.74) is 7.02. The van der Waals surface area contributed by atoms with E-state index in [4.69, 9.17) is 17.3 Å². The molecule has 0 radical (unpaired) electrons. The molecule has 2 N–H and O–H groups in total. The maximum atomic E-state index is 12.1. The van der Waals surface area contributed by atoms with Gasteiger partial charge < -0.3 is 5.73 Å². The normalized spacial score (nSPS) is 18.6. The van der Waals surface area contributed by atoms with Crippen LogP contribution in [0.4, 0.5) is 0 Å². The number of carbonyl (C=O) groups is 1. The Balaban J connectivity index is 1.92. The largest absolute Gasteiger partial charge is 0.325 e. The maximum Gasteiger partial charge on any atom is 0.139 e. The van der Waals surface area contributed by atoms with Crippen molar-refractivity contribution in [1.29, 1.82) is 0 Å². The molecule has 0 bridgehead atoms. The molecule has 0 spiro atoms. The van der Waals surface area contributed by atoms with Crippen LogP contribution in [0, 0.1) is 0 Å². The maximum absolute atomic E-state index is 12.1. The minimum Gasteiger partial charge on any atom is -0.325 e. The number of carbonyl (C=O) groups excluding carboxylic acids is 1. The molecule has 1 fully saturated rings. The monoisotopic (exact) mass is 265 g/mol. The Morgan fingerprint density at radius 1 is 1.28 bits per heavy atom. The number of rotatable bonds is 4. The van der Waals surface area contributed by atoms with E-state index in [0.29, 0.717) is 17.9 Å². The first kappa shape index (κ1) is 13.6. The van der Waals surface area contributed by atoms with Crippen LogP contribution in [0.3, 0.4) is 0 Å². The second-order valence-electron chi connectivity index (χ2n) is 5.45. The van der Waals surface area contributed by atoms with Crippen molar-refractivity contribution in [2.75, 3.05) is 0 Å². The molecule has 18 heavy (non-hydrogen) atoms. The second-order valence-corrected chi connectivity index (χ2v) is 5.88. The van der Waals surface area contributed by atoms with Gasteiger partial charge in [-0.3, -0.25) is 4.79 Å². The molecule has 0 amide bonds. The number of hydrogen-bond acceptors (Lipinski definition) is 2. The summed E-state index contributed by atoms with van der Waals surface area (Å²) in [4.78, 5) is 12.1. The molecule has 0 aliphatic heterocycles. The van der Waals surface area contributed by atoms with Crippen LogP contribution in [0.1, 0.15) is 44.1 Å². The minimum atomic E-state index is -0.256. The smallest absolute Gasteiger partial charge is 0.139 e. The molecule has 0 atom stereocenters. The van der Waals surface area contributed by atoms with E-state index >= 15 is 0 Å². The third kappa shape index (κ3) is 3.82. The lowest BCUT2D eigenvalue weighted by Crippen LogP contribution is -2.43. The van der Waals surface area contributed by atoms with Crippen LogP contribution < -0.4 is 5.73 Å². The summed E-state index contributed by atoms with van der Waals surface area (Å²) < 4.78 is 0. The van der Waals surface area contributed by atoms with E-state index in [-0.39, 0.29) is 11.3 Å². The third-order valence-corrected chi connectivity index (χ3v) is 3.92. The van der Waals surface area contributed by atoms with Gasteiger partial charge >= 0.3 is 0 Å². The van der Waals surface area contributed by atoms with Crippen molar-refractivity contribution < 1.29 is 4.79 Å². The quantitative estimate of drug-likeness (QED) is 0.905. The van der Waals surface area contributed by atoms with E-state index in [1.807, 2.05) is 24.3 Å². The van der Waals surface area contributed by atoms with Crippen LogP contribution in [0.15, 0.2) is 24.3 Å². The van der Waals surface area contributed by atoms with Gasteiger partial charge in [0.15, 0.2) is 0 Å². The fraction of sp³-hybridized carbons (Fsp3) is 0.533. The first-order chi connectivity index (χ1) is 8.57. The van der Waals surface area contributed by atoms with E-state index in [0.717, 1.165) is 31.2 Å². The number of nitrogens with two attached hydrogens (primary N) is 1. The standard InChI is InChI=1S/C15H20ClNO/c16-13-6-4-5-12(9-13)10-14(18)11-15(17)7-2-1-3-8-15/h4-6,9H,1-3,7-8,10-11,17H2. The number of hydrogen-bond donors (Lipinski definition) is 1. The molecule has 2 rings (SSSR count). The van der Waals surface area contributed by atoms with Crippen molar-refractivity contribution in [3.63, 3.8) is 0 Å². The van der Waals surface area contributed by atoms with E-state index in [1.165, 1.54) is 6.42 Å². The lowest BCUT2D eigenvalue weighted by atomic mass is 9.78. The number of halogens is 1. The topological polar surface area (TPSA) is 43.1 Å². The zero-order valence-corrected chi connectivity index (χ0v) is 11.4. The van der Waals surface area contributed by atoms with Gasteiger partial charge in [0.25, 0.3) is 0 Å². The van der Waals surface area contributed by atoms with Gasteiger partial charge in [-0.15, -0.1) is 0 Å². The lowest BCUT2D eigenvalue weighted by molar-refractivity contribution is -0.119. The average Bonchev–Trinajstić information content (AvgIpc) is 2.28. The van der Waals surface area contributed by atoms with Gasteiger partial charge in [-0.25, -0.2) is 0 Å². The predicted octanol–water partition coefficient (Wildman–Crippen LogP) is 3.50. The van der Waals surface area contributed by atoms with Crippen molar-refractivity contribution in [3.05, 3.63) is 34.9 Å². The summed E-state index contributed by atoms with van der Waals surface area (Å²) in [5.74, 6) is 0.224. The van der Waals surface area contributed by atoms with Gasteiger partial charge in [0.05, 0.1) is 0 Å². The van der Waals surface area contributed by atoms with Crippen LogP contribution in [0.5, 0.6) is 0 Å². The zero-order chi connectivity index (χ0) is 13.0. The minimum absolute atomic E-state index is 0.224. The molecule has 3 heteroatoms. The summed E-state index contributed by atoms with van der Waals surface area (Å²) in [6, 6.07) is 7.49. The lowest BCUT2D eigenvalue weighted by Gasteiger charge is -2.32. The molecule has 1 aromatic rings. The van der Waals surface area contributed by atoms with E-state index in [2.05, 4.69) is 0 Å². The molecular weight excluding hydrogens is 246 g/mol. The number of benzene rings is 1. The molecule has 0 saturated heterocycles. The van der Waals surface area contributed by atoms with Crippen LogP contribution in [-0.4, -0.2) is 11.3 Å². The molecule has 1 aliphatic carbocycles. The summed E-state index contributed by atoms with van der Waals surface area (Å²) in [6.45, 7) is 0. The summed E-state index contributed by atoms with van der Waals surface area (Å²) in [5, 5.41) is 0.681. The highest BCUT2D eigenvalue weighted by molar-refractivity contribution is 6.30. The SMILES string of the molecule is NC1(CC(=O)Cc2cccc(Cl)c2)CCCCC1. The van der Waals surface area contributed by atoms with Gasteiger partial charge in [0.2, 0.25) is 0 Å². The molecule has 0 aromatic heterocycles. The summed E-state index contributed by atoms with van der Waals surface area (Å²) in [7, 11) is 0. The summed E-state index contributed by atoms with van der Waals surface area (Å²) in [6.07, 6.45) is 6.46. The Hall–Kier alpha value is -0.860. The van der Waals surface area contributed by atoms with E-state index in [9.17, 15) is 4.79 Å². The van der Waals surface area contributed by atoms with Crippen molar-refractivity contribution in [1.82, 2.24) is 0 Å². The van der Waals surface area contributed by atoms with Crippen LogP contribution in [-0.2, 0) is 11.2 Å². The molecule has 2 nitrogen and oxygen atoms in total. The van der Waals surface area contributed by atoms with Crippen molar-refractivity contribution in [2.45, 2.75) is 50.5 Å². The van der Waals surface area contributed by atoms with E-state index < -0.39 is 0 Å². The molecule has 1 aliphatic rings. The van der Waals surface area contributed by atoms with Gasteiger partial charge in [0, 0.05) is 23.4 Å². The fourth-order valence-corrected chi connectivity index (χ4v) is 2.98. The highest BCUT2D eigenvalue weighted by Gasteiger charge is 2.29. The van der Waals surface area contributed by atoms with Crippen LogP contribution >= 0.6 is 11.6 Å². The second kappa shape index (κ2) is 5.85. The van der Waals surface area contributed by atoms with Crippen molar-refractivity contribution >= 4 is 17.4 Å². The Morgan fingerprint density at radius 2 is 2.00 bits per heavy atom. The molecule has 98 valence electrons. The number of Topliss-reactive ketones (excluding diaryl/α,β-unsaturated/α-hetero) is 1. The molecular formula is C15H20ClNO. The summed E-state index contributed by atoms with van der Waals surface area (Å²) >= 11 is 5.91. The Kier molecular flexibility index (Phi) is 4.41. The predicted molar refractivity (Wildman–Crippen MR) is 74.8 cm³/mol. The molecule has 0 unspecified atom stereocenters. The van der Waals surface area contributed by atoms with Gasteiger partial charge in [0.1, 0.15) is 5.78 Å². The zero-order valence-electron chi connectivity index (χ0n) is 10.6. The first-order valence-corrected chi connectivity index (χ1v) is 7.00. The Labute approximate surface area is 114 Å². The molecule has 1 aromatic carbocycles. The van der Waals surface area contributed by atoms with Crippen molar-refractivity contribution in [2.24, 2.45) is 5.73 Å².